The summed E-state index contributed by atoms with van der Waals surface area (Å²) in [7, 11) is 0. The zero-order chi connectivity index (χ0) is 22.1. The molecule has 2 heterocycles. The lowest BCUT2D eigenvalue weighted by Gasteiger charge is -2.26. The zero-order valence-electron chi connectivity index (χ0n) is 17.7. The topological polar surface area (TPSA) is 59.4 Å². The average Bonchev–Trinajstić information content (AvgIpc) is 3.17. The van der Waals surface area contributed by atoms with E-state index in [0.717, 1.165) is 22.4 Å². The van der Waals surface area contributed by atoms with E-state index < -0.39 is 0 Å². The number of carbonyl (C=O) groups excluding carboxylic acids is 1. The summed E-state index contributed by atoms with van der Waals surface area (Å²) in [4.78, 5) is 19.6. The molecule has 1 fully saturated rings. The molecule has 0 atom stereocenters. The molecule has 1 amide bonds. The summed E-state index contributed by atoms with van der Waals surface area (Å²) in [6.07, 6.45) is 0. The van der Waals surface area contributed by atoms with E-state index in [1.54, 1.807) is 0 Å². The fourth-order valence-electron chi connectivity index (χ4n) is 3.89. The number of amides is 1. The molecule has 0 unspecified atom stereocenters. The highest BCUT2D eigenvalue weighted by molar-refractivity contribution is 6.30. The molecule has 1 N–H and O–H groups in total. The predicted octanol–water partition coefficient (Wildman–Crippen LogP) is 5.20. The maximum Gasteiger partial charge on any atom is 0.254 e. The number of morpholine rings is 1. The molecule has 32 heavy (non-hydrogen) atoms. The Hall–Kier alpha value is -3.35. The average molecular weight is 447 g/mol. The highest BCUT2D eigenvalue weighted by Gasteiger charge is 2.20. The van der Waals surface area contributed by atoms with E-state index in [1.807, 2.05) is 76.2 Å². The first-order chi connectivity index (χ1) is 15.6. The second-order valence-electron chi connectivity index (χ2n) is 7.85. The van der Waals surface area contributed by atoms with Crippen LogP contribution in [0.5, 0.6) is 0 Å². The minimum absolute atomic E-state index is 0.000509. The molecule has 1 aliphatic heterocycles. The van der Waals surface area contributed by atoms with Crippen molar-refractivity contribution in [2.45, 2.75) is 6.92 Å². The number of nitrogens with zero attached hydrogens (tertiary/aromatic N) is 3. The van der Waals surface area contributed by atoms with E-state index in [-0.39, 0.29) is 5.91 Å². The maximum atomic E-state index is 13.0. The number of nitrogens with one attached hydrogen (secondary N) is 1. The highest BCUT2D eigenvalue weighted by Crippen LogP contribution is 2.29. The van der Waals surface area contributed by atoms with E-state index in [0.29, 0.717) is 42.8 Å². The van der Waals surface area contributed by atoms with Crippen LogP contribution >= 0.6 is 11.6 Å². The SMILES string of the molecule is Cc1ccc(Nc2nc3cc(C(=O)N4CCOCC4)ccc3n2-c2cccc(Cl)c2)cc1. The molecule has 1 aromatic heterocycles. The Morgan fingerprint density at radius 3 is 2.56 bits per heavy atom. The number of aryl methyl sites for hydroxylation is 1. The van der Waals surface area contributed by atoms with E-state index in [9.17, 15) is 4.79 Å². The van der Waals surface area contributed by atoms with Crippen LogP contribution in [0.25, 0.3) is 16.7 Å². The summed E-state index contributed by atoms with van der Waals surface area (Å²) >= 11 is 6.28. The molecule has 0 spiro atoms. The number of hydrogen-bond acceptors (Lipinski definition) is 4. The van der Waals surface area contributed by atoms with Crippen LogP contribution in [0, 0.1) is 6.92 Å². The van der Waals surface area contributed by atoms with Crippen LogP contribution in [0.4, 0.5) is 11.6 Å². The number of aromatic nitrogens is 2. The van der Waals surface area contributed by atoms with E-state index in [1.165, 1.54) is 5.56 Å². The van der Waals surface area contributed by atoms with Crippen molar-refractivity contribution in [3.05, 3.63) is 82.9 Å². The summed E-state index contributed by atoms with van der Waals surface area (Å²) in [5.41, 5.74) is 5.25. The molecule has 0 saturated carbocycles. The maximum absolute atomic E-state index is 13.0. The van der Waals surface area contributed by atoms with E-state index in [4.69, 9.17) is 21.3 Å². The summed E-state index contributed by atoms with van der Waals surface area (Å²) in [5, 5.41) is 4.06. The van der Waals surface area contributed by atoms with Crippen molar-refractivity contribution in [2.75, 3.05) is 31.6 Å². The van der Waals surface area contributed by atoms with Gasteiger partial charge in [0.25, 0.3) is 5.91 Å². The number of benzene rings is 3. The fourth-order valence-corrected chi connectivity index (χ4v) is 4.07. The number of ether oxygens (including phenoxy) is 1. The second kappa shape index (κ2) is 8.65. The molecule has 7 heteroatoms. The second-order valence-corrected chi connectivity index (χ2v) is 8.29. The van der Waals surface area contributed by atoms with E-state index in [2.05, 4.69) is 12.2 Å². The number of carbonyl (C=O) groups is 1. The molecule has 0 radical (unpaired) electrons. The van der Waals surface area contributed by atoms with Gasteiger partial charge < -0.3 is 15.0 Å². The summed E-state index contributed by atoms with van der Waals surface area (Å²) in [6, 6.07) is 21.4. The van der Waals surface area contributed by atoms with Gasteiger partial charge in [0.05, 0.1) is 29.9 Å². The molecule has 1 aliphatic rings. The lowest BCUT2D eigenvalue weighted by atomic mass is 10.1. The normalized spacial score (nSPS) is 14.0. The van der Waals surface area contributed by atoms with Gasteiger partial charge in [-0.05, 0) is 55.5 Å². The number of halogens is 1. The molecule has 0 bridgehead atoms. The van der Waals surface area contributed by atoms with Crippen molar-refractivity contribution in [1.29, 1.82) is 0 Å². The van der Waals surface area contributed by atoms with Crippen LogP contribution in [-0.2, 0) is 4.74 Å². The van der Waals surface area contributed by atoms with Crippen molar-refractivity contribution in [2.24, 2.45) is 0 Å². The highest BCUT2D eigenvalue weighted by atomic mass is 35.5. The smallest absolute Gasteiger partial charge is 0.254 e. The number of hydrogen-bond donors (Lipinski definition) is 1. The summed E-state index contributed by atoms with van der Waals surface area (Å²) < 4.78 is 7.39. The first-order valence-electron chi connectivity index (χ1n) is 10.6. The van der Waals surface area contributed by atoms with E-state index >= 15 is 0 Å². The van der Waals surface area contributed by atoms with Gasteiger partial charge >= 0.3 is 0 Å². The Morgan fingerprint density at radius 1 is 1.03 bits per heavy atom. The van der Waals surface area contributed by atoms with Crippen molar-refractivity contribution in [3.63, 3.8) is 0 Å². The summed E-state index contributed by atoms with van der Waals surface area (Å²) in [5.74, 6) is 0.655. The lowest BCUT2D eigenvalue weighted by Crippen LogP contribution is -2.40. The molecular formula is C25H23ClN4O2. The number of anilines is 2. The lowest BCUT2D eigenvalue weighted by molar-refractivity contribution is 0.0303. The Kier molecular flexibility index (Phi) is 5.55. The van der Waals surface area contributed by atoms with Gasteiger partial charge in [-0.15, -0.1) is 0 Å². The monoisotopic (exact) mass is 446 g/mol. The quantitative estimate of drug-likeness (QED) is 0.468. The predicted molar refractivity (Wildman–Crippen MR) is 127 cm³/mol. The zero-order valence-corrected chi connectivity index (χ0v) is 18.5. The van der Waals surface area contributed by atoms with Gasteiger partial charge in [0.1, 0.15) is 0 Å². The largest absolute Gasteiger partial charge is 0.378 e. The van der Waals surface area contributed by atoms with Gasteiger partial charge in [0, 0.05) is 29.4 Å². The molecule has 0 aliphatic carbocycles. The van der Waals surface area contributed by atoms with Crippen molar-refractivity contribution in [1.82, 2.24) is 14.5 Å². The van der Waals surface area contributed by atoms with Crippen LogP contribution in [0.3, 0.4) is 0 Å². The van der Waals surface area contributed by atoms with Crippen molar-refractivity contribution in [3.8, 4) is 5.69 Å². The molecule has 3 aromatic carbocycles. The third-order valence-electron chi connectivity index (χ3n) is 5.57. The van der Waals surface area contributed by atoms with Gasteiger partial charge in [-0.25, -0.2) is 4.98 Å². The number of fused-ring (bicyclic) bond motifs is 1. The molecule has 162 valence electrons. The Bertz CT molecular complexity index is 1280. The Balaban J connectivity index is 1.59. The van der Waals surface area contributed by atoms with Gasteiger partial charge in [0.15, 0.2) is 0 Å². The number of imidazole rings is 1. The van der Waals surface area contributed by atoms with Gasteiger partial charge in [-0.2, -0.15) is 0 Å². The molecular weight excluding hydrogens is 424 g/mol. The molecule has 1 saturated heterocycles. The van der Waals surface area contributed by atoms with Gasteiger partial charge in [0.2, 0.25) is 5.95 Å². The Morgan fingerprint density at radius 2 is 1.81 bits per heavy atom. The van der Waals surface area contributed by atoms with Crippen LogP contribution in [0.15, 0.2) is 66.7 Å². The number of rotatable bonds is 4. The van der Waals surface area contributed by atoms with Crippen LogP contribution in [-0.4, -0.2) is 46.7 Å². The van der Waals surface area contributed by atoms with Gasteiger partial charge in [-0.1, -0.05) is 35.4 Å². The van der Waals surface area contributed by atoms with Crippen LogP contribution in [0.1, 0.15) is 15.9 Å². The third-order valence-corrected chi connectivity index (χ3v) is 5.81. The minimum Gasteiger partial charge on any atom is -0.378 e. The van der Waals surface area contributed by atoms with Gasteiger partial charge in [-0.3, -0.25) is 9.36 Å². The molecule has 5 rings (SSSR count). The Labute approximate surface area is 191 Å². The molecule has 4 aromatic rings. The molecule has 6 nitrogen and oxygen atoms in total. The fraction of sp³-hybridized carbons (Fsp3) is 0.200. The van der Waals surface area contributed by atoms with Crippen LogP contribution < -0.4 is 5.32 Å². The minimum atomic E-state index is 0.000509. The standard InChI is InChI=1S/C25H23ClN4O2/c1-17-5-8-20(9-6-17)27-25-28-22-15-18(24(31)29-11-13-32-14-12-29)7-10-23(22)30(25)21-4-2-3-19(26)16-21/h2-10,15-16H,11-14H2,1H3,(H,27,28). The van der Waals surface area contributed by atoms with Crippen LogP contribution in [0.2, 0.25) is 5.02 Å². The first-order valence-corrected chi connectivity index (χ1v) is 11.0. The van der Waals surface area contributed by atoms with Crippen molar-refractivity contribution < 1.29 is 9.53 Å². The summed E-state index contributed by atoms with van der Waals surface area (Å²) in [6.45, 7) is 4.41. The van der Waals surface area contributed by atoms with Crippen molar-refractivity contribution >= 4 is 40.2 Å². The first kappa shape index (κ1) is 20.5. The third kappa shape index (κ3) is 4.07.